The lowest BCUT2D eigenvalue weighted by Crippen LogP contribution is -2.77. The minimum absolute atomic E-state index is 0.237. The van der Waals surface area contributed by atoms with E-state index in [9.17, 15) is 9.59 Å². The second-order valence-corrected chi connectivity index (χ2v) is 9.69. The summed E-state index contributed by atoms with van der Waals surface area (Å²) in [4.78, 5) is 24.7. The lowest BCUT2D eigenvalue weighted by molar-refractivity contribution is -0.853. The van der Waals surface area contributed by atoms with Gasteiger partial charge in [0.2, 0.25) is 0 Å². The molecule has 3 aliphatic heterocycles. The summed E-state index contributed by atoms with van der Waals surface area (Å²) in [6, 6.07) is 0.237. The molecule has 0 N–H and O–H groups in total. The minimum Gasteiger partial charge on any atom is -0.598 e. The molecule has 0 aromatic rings. The lowest BCUT2D eigenvalue weighted by Gasteiger charge is -2.66. The molecule has 0 aromatic carbocycles. The number of hydrogen-bond donors (Lipinski definition) is 0. The molecule has 6 rings (SSSR count). The van der Waals surface area contributed by atoms with E-state index >= 15 is 0 Å². The maximum atomic E-state index is 12.3. The summed E-state index contributed by atoms with van der Waals surface area (Å²) >= 11 is 0. The number of hydrogen-bond acceptors (Lipinski definition) is 5. The van der Waals surface area contributed by atoms with Crippen LogP contribution in [0.2, 0.25) is 0 Å². The average molecular weight is 335 g/mol. The quantitative estimate of drug-likeness (QED) is 0.561. The molecule has 2 bridgehead atoms. The Morgan fingerprint density at radius 3 is 2.12 bits per heavy atom. The van der Waals surface area contributed by atoms with Crippen molar-refractivity contribution in [3.63, 3.8) is 0 Å². The third kappa shape index (κ3) is 1.44. The highest BCUT2D eigenvalue weighted by atomic mass is 16.7. The van der Waals surface area contributed by atoms with Crippen molar-refractivity contribution in [2.75, 3.05) is 19.7 Å². The Morgan fingerprint density at radius 2 is 1.67 bits per heavy atom. The highest BCUT2D eigenvalue weighted by Crippen LogP contribution is 2.65. The van der Waals surface area contributed by atoms with Gasteiger partial charge in [0.1, 0.15) is 18.6 Å². The highest BCUT2D eigenvalue weighted by molar-refractivity contribution is 6.69. The lowest BCUT2D eigenvalue weighted by atomic mass is 9.42. The molecule has 2 unspecified atom stereocenters. The van der Waals surface area contributed by atoms with Crippen molar-refractivity contribution in [1.29, 1.82) is 0 Å². The van der Waals surface area contributed by atoms with Crippen LogP contribution < -0.4 is 0 Å². The van der Waals surface area contributed by atoms with Gasteiger partial charge in [-0.2, -0.15) is 0 Å². The molecule has 6 nitrogen and oxygen atoms in total. The molecule has 0 aromatic heterocycles. The van der Waals surface area contributed by atoms with Gasteiger partial charge in [-0.3, -0.25) is 9.59 Å². The monoisotopic (exact) mass is 335 g/mol. The number of fused-ring (bicyclic) bond motifs is 4. The van der Waals surface area contributed by atoms with E-state index in [2.05, 4.69) is 20.8 Å². The van der Waals surface area contributed by atoms with Crippen molar-refractivity contribution in [3.05, 3.63) is 0 Å². The molecule has 0 radical (unpaired) electrons. The fourth-order valence-electron chi connectivity index (χ4n) is 6.85. The molecule has 0 spiro atoms. The maximum absolute atomic E-state index is 12.3. The van der Waals surface area contributed by atoms with Crippen molar-refractivity contribution < 1.29 is 28.0 Å². The molecule has 3 heterocycles. The minimum atomic E-state index is -2.11. The number of epoxide rings is 1. The van der Waals surface area contributed by atoms with E-state index in [0.29, 0.717) is 34.2 Å². The van der Waals surface area contributed by atoms with E-state index in [-0.39, 0.29) is 31.1 Å². The average Bonchev–Trinajstić information content (AvgIpc) is 3.08. The predicted molar refractivity (Wildman–Crippen MR) is 85.2 cm³/mol. The van der Waals surface area contributed by atoms with Gasteiger partial charge >= 0.3 is 18.6 Å². The Labute approximate surface area is 142 Å². The summed E-state index contributed by atoms with van der Waals surface area (Å²) in [5.41, 5.74) is -0.283. The van der Waals surface area contributed by atoms with E-state index in [1.165, 1.54) is 6.42 Å². The fraction of sp³-hybridized carbons (Fsp3) is 0.882. The molecule has 132 valence electrons. The highest BCUT2D eigenvalue weighted by Gasteiger charge is 2.82. The van der Waals surface area contributed by atoms with Gasteiger partial charge in [0.15, 0.2) is 0 Å². The van der Waals surface area contributed by atoms with Crippen LogP contribution in [0.25, 0.3) is 0 Å². The zero-order valence-corrected chi connectivity index (χ0v) is 14.9. The SMILES string of the molecule is C[C@@H]1C2C[C@@H](CC1[N+]13CC(=O)O[B-]1([C@@]1(C)CO1)OC(=O)C3)C2(C)C. The summed E-state index contributed by atoms with van der Waals surface area (Å²) in [5, 5.41) is 0. The van der Waals surface area contributed by atoms with Crippen molar-refractivity contribution in [1.82, 2.24) is 0 Å². The van der Waals surface area contributed by atoms with Crippen molar-refractivity contribution in [2.45, 2.75) is 52.1 Å². The Balaban J connectivity index is 1.60. The van der Waals surface area contributed by atoms with Crippen LogP contribution in [-0.2, 0) is 23.6 Å². The molecular weight excluding hydrogens is 309 g/mol. The van der Waals surface area contributed by atoms with Crippen LogP contribution in [-0.4, -0.2) is 54.3 Å². The standard InChI is InChI=1S/C17H26BNO5/c1-10-12-5-11(16(12,2)3)6-13(10)19-7-14(20)23-18(19,17(4)9-22-17)24-15(21)8-19/h10-13H,5-9H2,1-4H3/t10-,11+,12?,13?,17-,18?,19?/m1/s1. The number of quaternary nitrogens is 1. The summed E-state index contributed by atoms with van der Waals surface area (Å²) in [6.07, 6.45) is 2.31. The first-order chi connectivity index (χ1) is 11.2. The molecule has 0 amide bonds. The van der Waals surface area contributed by atoms with Crippen molar-refractivity contribution >= 4 is 18.6 Å². The first-order valence-electron chi connectivity index (χ1n) is 9.23. The van der Waals surface area contributed by atoms with Crippen molar-refractivity contribution in [2.24, 2.45) is 23.2 Å². The number of nitrogens with zero attached hydrogens (tertiary/aromatic N) is 1. The van der Waals surface area contributed by atoms with E-state index < -0.39 is 12.2 Å². The summed E-state index contributed by atoms with van der Waals surface area (Å²) in [6.45, 7) is 7.82. The topological polar surface area (TPSA) is 65.1 Å². The Hall–Kier alpha value is -1.08. The predicted octanol–water partition coefficient (Wildman–Crippen LogP) is 1.25. The van der Waals surface area contributed by atoms with Gasteiger partial charge in [-0.15, -0.1) is 0 Å². The van der Waals surface area contributed by atoms with E-state index in [1.807, 2.05) is 6.92 Å². The first-order valence-corrected chi connectivity index (χ1v) is 9.23. The largest absolute Gasteiger partial charge is 0.617 e. The van der Waals surface area contributed by atoms with Gasteiger partial charge in [0.05, 0.1) is 12.6 Å². The van der Waals surface area contributed by atoms with Crippen LogP contribution in [0.4, 0.5) is 0 Å². The summed E-state index contributed by atoms with van der Waals surface area (Å²) in [7, 11) is 0. The molecule has 3 saturated carbocycles. The smallest absolute Gasteiger partial charge is 0.598 e. The molecule has 6 fully saturated rings. The molecule has 7 heteroatoms. The molecular formula is C17H26BNO5. The molecule has 5 atom stereocenters. The van der Waals surface area contributed by atoms with Crippen LogP contribution in [0.15, 0.2) is 0 Å². The van der Waals surface area contributed by atoms with Gasteiger partial charge in [0.25, 0.3) is 0 Å². The maximum Gasteiger partial charge on any atom is 0.617 e. The third-order valence-electron chi connectivity index (χ3n) is 8.45. The number of carbonyl (C=O) groups is 2. The third-order valence-corrected chi connectivity index (χ3v) is 8.45. The van der Waals surface area contributed by atoms with Crippen LogP contribution in [0.5, 0.6) is 0 Å². The second kappa shape index (κ2) is 4.01. The van der Waals surface area contributed by atoms with Crippen LogP contribution >= 0.6 is 0 Å². The zero-order valence-electron chi connectivity index (χ0n) is 14.9. The Bertz CT molecular complexity index is 637. The van der Waals surface area contributed by atoms with Gasteiger partial charge < -0.3 is 18.4 Å². The van der Waals surface area contributed by atoms with Gasteiger partial charge in [0, 0.05) is 5.92 Å². The number of rotatable bonds is 2. The van der Waals surface area contributed by atoms with Gasteiger partial charge in [-0.05, 0) is 30.1 Å². The van der Waals surface area contributed by atoms with Crippen LogP contribution in [0.3, 0.4) is 0 Å². The summed E-state index contributed by atoms with van der Waals surface area (Å²) < 4.78 is 17.6. The normalized spacial score (nSPS) is 57.0. The first kappa shape index (κ1) is 15.2. The number of ether oxygens (including phenoxy) is 1. The van der Waals surface area contributed by atoms with Gasteiger partial charge in [-0.1, -0.05) is 27.7 Å². The Morgan fingerprint density at radius 1 is 1.08 bits per heavy atom. The van der Waals surface area contributed by atoms with E-state index in [4.69, 9.17) is 14.0 Å². The molecule has 3 saturated heterocycles. The molecule has 3 aliphatic carbocycles. The van der Waals surface area contributed by atoms with E-state index in [0.717, 1.165) is 6.42 Å². The Kier molecular flexibility index (Phi) is 2.54. The number of carbonyl (C=O) groups excluding carboxylic acids is 2. The molecule has 6 aliphatic rings. The second-order valence-electron chi connectivity index (χ2n) is 9.69. The van der Waals surface area contributed by atoms with E-state index in [1.54, 1.807) is 0 Å². The fourth-order valence-corrected chi connectivity index (χ4v) is 6.85. The van der Waals surface area contributed by atoms with Crippen LogP contribution in [0, 0.1) is 23.2 Å². The summed E-state index contributed by atoms with van der Waals surface area (Å²) in [5.74, 6) is 1.25. The molecule has 24 heavy (non-hydrogen) atoms. The van der Waals surface area contributed by atoms with Crippen LogP contribution in [0.1, 0.15) is 40.5 Å². The zero-order chi connectivity index (χ0) is 17.1. The van der Waals surface area contributed by atoms with Crippen molar-refractivity contribution in [3.8, 4) is 0 Å². The van der Waals surface area contributed by atoms with Gasteiger partial charge in [-0.25, -0.2) is 0 Å².